The summed E-state index contributed by atoms with van der Waals surface area (Å²) in [6, 6.07) is 7.43. The molecular weight excluding hydrogens is 483 g/mol. The molecule has 0 amide bonds. The minimum atomic E-state index is -0.859. The van der Waals surface area contributed by atoms with Crippen LogP contribution in [0.25, 0.3) is 0 Å². The summed E-state index contributed by atoms with van der Waals surface area (Å²) in [6.45, 7) is 4.42. The van der Waals surface area contributed by atoms with Gasteiger partial charge in [0.2, 0.25) is 5.88 Å². The average Bonchev–Trinajstić information content (AvgIpc) is 3.59. The molecule has 5 nitrogen and oxygen atoms in total. The van der Waals surface area contributed by atoms with Crippen molar-refractivity contribution in [2.24, 2.45) is 0 Å². The number of hydrogen-bond acceptors (Lipinski definition) is 4. The fourth-order valence-electron chi connectivity index (χ4n) is 4.41. The average molecular weight is 522 g/mol. The molecule has 192 valence electrons. The maximum Gasteiger partial charge on any atom is 0.314 e. The van der Waals surface area contributed by atoms with Crippen LogP contribution in [-0.4, -0.2) is 29.2 Å². The van der Waals surface area contributed by atoms with E-state index >= 15 is 0 Å². The van der Waals surface area contributed by atoms with E-state index in [4.69, 9.17) is 33.0 Å². The van der Waals surface area contributed by atoms with Crippen molar-refractivity contribution in [2.45, 2.75) is 89.5 Å². The van der Waals surface area contributed by atoms with Gasteiger partial charge in [0.1, 0.15) is 12.5 Å². The molecule has 2 N–H and O–H groups in total. The summed E-state index contributed by atoms with van der Waals surface area (Å²) in [4.78, 5) is 14.6. The number of ether oxygens (including phenoxy) is 1. The predicted molar refractivity (Wildman–Crippen MR) is 143 cm³/mol. The third kappa shape index (κ3) is 8.96. The molecule has 7 heteroatoms. The number of rotatable bonds is 13. The number of hydrogen-bond donors (Lipinski definition) is 2. The number of carbonyl (C=O) groups is 1. The number of halogens is 2. The van der Waals surface area contributed by atoms with Gasteiger partial charge in [-0.15, -0.1) is 0 Å². The minimum absolute atomic E-state index is 0.196. The van der Waals surface area contributed by atoms with Crippen LogP contribution in [0.15, 0.2) is 30.5 Å². The molecule has 2 aliphatic rings. The molecule has 1 aromatic carbocycles. The number of unbranched alkanes of at least 4 members (excludes halogenated alkanes) is 7. The Balaban J connectivity index is 0.000000237. The van der Waals surface area contributed by atoms with Crippen LogP contribution in [0.1, 0.15) is 99.7 Å². The number of fused-ring (bicyclic) bond motifs is 1. The monoisotopic (exact) mass is 520 g/mol. The Morgan fingerprint density at radius 2 is 1.80 bits per heavy atom. The van der Waals surface area contributed by atoms with Gasteiger partial charge in [0.25, 0.3) is 0 Å². The van der Waals surface area contributed by atoms with Gasteiger partial charge in [-0.3, -0.25) is 4.79 Å². The number of pyridine rings is 1. The normalized spacial score (nSPS) is 16.3. The van der Waals surface area contributed by atoms with Crippen LogP contribution in [0.3, 0.4) is 0 Å². The highest BCUT2D eigenvalue weighted by molar-refractivity contribution is 6.35. The number of carboxylic acid groups (broad SMARTS) is 1. The van der Waals surface area contributed by atoms with E-state index in [-0.39, 0.29) is 6.61 Å². The Kier molecular flexibility index (Phi) is 11.6. The maximum atomic E-state index is 10.7. The van der Waals surface area contributed by atoms with Crippen molar-refractivity contribution in [1.82, 2.24) is 10.3 Å². The molecule has 0 bridgehead atoms. The summed E-state index contributed by atoms with van der Waals surface area (Å²) in [7, 11) is 0. The molecule has 1 aromatic heterocycles. The first kappa shape index (κ1) is 27.8. The lowest BCUT2D eigenvalue weighted by Crippen LogP contribution is -2.16. The van der Waals surface area contributed by atoms with Gasteiger partial charge >= 0.3 is 5.97 Å². The van der Waals surface area contributed by atoms with E-state index in [1.165, 1.54) is 75.3 Å². The summed E-state index contributed by atoms with van der Waals surface area (Å²) >= 11 is 12.6. The number of benzene rings is 1. The van der Waals surface area contributed by atoms with E-state index < -0.39 is 11.9 Å². The van der Waals surface area contributed by atoms with Crippen LogP contribution in [0.2, 0.25) is 10.0 Å². The lowest BCUT2D eigenvalue weighted by atomic mass is 10.0. The van der Waals surface area contributed by atoms with E-state index in [0.717, 1.165) is 23.1 Å². The lowest BCUT2D eigenvalue weighted by molar-refractivity contribution is -0.138. The highest BCUT2D eigenvalue weighted by Gasteiger charge is 2.30. The SMILES string of the molecule is CCCCCCCCCCNCc1c(Cl)cc(Cl)cc1C1CC1.O=C(O)C1COc2ncccc21. The van der Waals surface area contributed by atoms with Crippen molar-refractivity contribution >= 4 is 29.2 Å². The van der Waals surface area contributed by atoms with Crippen molar-refractivity contribution in [3.8, 4) is 5.88 Å². The van der Waals surface area contributed by atoms with Crippen molar-refractivity contribution in [3.05, 3.63) is 57.2 Å². The summed E-state index contributed by atoms with van der Waals surface area (Å²) in [6.07, 6.45) is 15.1. The fraction of sp³-hybridized carbons (Fsp3) is 0.571. The summed E-state index contributed by atoms with van der Waals surface area (Å²) in [5.74, 6) is -0.272. The molecule has 0 spiro atoms. The van der Waals surface area contributed by atoms with Crippen molar-refractivity contribution < 1.29 is 14.6 Å². The zero-order valence-corrected chi connectivity index (χ0v) is 22.2. The first-order valence-electron chi connectivity index (χ1n) is 13.0. The van der Waals surface area contributed by atoms with Crippen LogP contribution in [0, 0.1) is 0 Å². The molecule has 0 radical (unpaired) electrons. The van der Waals surface area contributed by atoms with Crippen LogP contribution in [-0.2, 0) is 11.3 Å². The van der Waals surface area contributed by atoms with Crippen LogP contribution in [0.4, 0.5) is 0 Å². The van der Waals surface area contributed by atoms with E-state index in [9.17, 15) is 4.79 Å². The number of aliphatic carboxylic acids is 1. The van der Waals surface area contributed by atoms with Gasteiger partial charge in [-0.25, -0.2) is 4.98 Å². The lowest BCUT2D eigenvalue weighted by Gasteiger charge is -2.13. The third-order valence-electron chi connectivity index (χ3n) is 6.58. The maximum absolute atomic E-state index is 10.7. The smallest absolute Gasteiger partial charge is 0.314 e. The first-order valence-corrected chi connectivity index (χ1v) is 13.8. The van der Waals surface area contributed by atoms with Gasteiger partial charge in [-0.05, 0) is 61.1 Å². The minimum Gasteiger partial charge on any atom is -0.481 e. The zero-order valence-electron chi connectivity index (χ0n) is 20.7. The van der Waals surface area contributed by atoms with E-state index in [1.807, 2.05) is 6.07 Å². The largest absolute Gasteiger partial charge is 0.481 e. The van der Waals surface area contributed by atoms with E-state index in [0.29, 0.717) is 17.4 Å². The molecule has 4 rings (SSSR count). The molecule has 35 heavy (non-hydrogen) atoms. The van der Waals surface area contributed by atoms with Crippen LogP contribution in [0.5, 0.6) is 5.88 Å². The number of carboxylic acids is 1. The zero-order chi connectivity index (χ0) is 25.0. The second-order valence-electron chi connectivity index (χ2n) is 9.48. The summed E-state index contributed by atoms with van der Waals surface area (Å²) in [5.41, 5.74) is 3.30. The predicted octanol–water partition coefficient (Wildman–Crippen LogP) is 7.74. The fourth-order valence-corrected chi connectivity index (χ4v) is 4.99. The second kappa shape index (κ2) is 14.7. The van der Waals surface area contributed by atoms with Gasteiger partial charge in [0.05, 0.1) is 0 Å². The molecule has 1 atom stereocenters. The Hall–Kier alpha value is -1.82. The van der Waals surface area contributed by atoms with Crippen molar-refractivity contribution in [1.29, 1.82) is 0 Å². The van der Waals surface area contributed by atoms with Gasteiger partial charge in [-0.1, -0.05) is 81.1 Å². The van der Waals surface area contributed by atoms with Gasteiger partial charge in [0, 0.05) is 28.4 Å². The standard InChI is InChI=1S/C20H31Cl2N.C8H7NO3/c1-2-3-4-5-6-7-8-9-12-23-15-19-18(16-10-11-16)13-17(21)14-20(19)22;10-8(11)6-4-12-7-5(6)2-1-3-9-7/h13-14,16,23H,2-12,15H2,1H3;1-3,6H,4H2,(H,10,11). The third-order valence-corrected chi connectivity index (χ3v) is 7.14. The number of nitrogens with zero attached hydrogens (tertiary/aromatic N) is 1. The van der Waals surface area contributed by atoms with Crippen molar-refractivity contribution in [3.63, 3.8) is 0 Å². The first-order chi connectivity index (χ1) is 17.0. The Morgan fingerprint density at radius 1 is 1.09 bits per heavy atom. The molecule has 1 fully saturated rings. The highest BCUT2D eigenvalue weighted by Crippen LogP contribution is 2.44. The molecule has 1 aliphatic carbocycles. The van der Waals surface area contributed by atoms with Crippen molar-refractivity contribution in [2.75, 3.05) is 13.2 Å². The molecule has 1 unspecified atom stereocenters. The van der Waals surface area contributed by atoms with Gasteiger partial charge in [0.15, 0.2) is 0 Å². The molecule has 0 saturated heterocycles. The molecule has 2 heterocycles. The number of nitrogens with one attached hydrogen (secondary N) is 1. The Labute approximate surface area is 219 Å². The van der Waals surface area contributed by atoms with E-state index in [1.54, 1.807) is 18.3 Å². The highest BCUT2D eigenvalue weighted by atomic mass is 35.5. The second-order valence-corrected chi connectivity index (χ2v) is 10.3. The molecule has 1 saturated carbocycles. The Bertz CT molecular complexity index is 950. The quantitative estimate of drug-likeness (QED) is 0.264. The molecule has 2 aromatic rings. The topological polar surface area (TPSA) is 71.5 Å². The van der Waals surface area contributed by atoms with E-state index in [2.05, 4.69) is 23.3 Å². The van der Waals surface area contributed by atoms with Gasteiger partial charge < -0.3 is 15.2 Å². The molecular formula is C28H38Cl2N2O3. The van der Waals surface area contributed by atoms with Crippen LogP contribution >= 0.6 is 23.2 Å². The Morgan fingerprint density at radius 3 is 2.49 bits per heavy atom. The number of aromatic nitrogens is 1. The molecule has 1 aliphatic heterocycles. The van der Waals surface area contributed by atoms with Crippen LogP contribution < -0.4 is 10.1 Å². The summed E-state index contributed by atoms with van der Waals surface area (Å²) < 4.78 is 5.08. The summed E-state index contributed by atoms with van der Waals surface area (Å²) in [5, 5.41) is 13.9. The van der Waals surface area contributed by atoms with Gasteiger partial charge in [-0.2, -0.15) is 0 Å².